The predicted molar refractivity (Wildman–Crippen MR) is 132 cm³/mol. The highest BCUT2D eigenvalue weighted by atomic mass is 32.1. The van der Waals surface area contributed by atoms with Gasteiger partial charge in [-0.3, -0.25) is 4.79 Å². The summed E-state index contributed by atoms with van der Waals surface area (Å²) in [5.74, 6) is 0.178. The Hall–Kier alpha value is -3.18. The summed E-state index contributed by atoms with van der Waals surface area (Å²) in [6.45, 7) is 5.01. The molecule has 0 bridgehead atoms. The van der Waals surface area contributed by atoms with Crippen LogP contribution in [0.1, 0.15) is 41.1 Å². The fourth-order valence-corrected chi connectivity index (χ4v) is 4.34. The van der Waals surface area contributed by atoms with E-state index in [9.17, 15) is 4.79 Å². The summed E-state index contributed by atoms with van der Waals surface area (Å²) in [5, 5.41) is 7.34. The molecule has 0 unspecified atom stereocenters. The number of carbonyl (C=O) groups is 1. The summed E-state index contributed by atoms with van der Waals surface area (Å²) in [5.41, 5.74) is 6.57. The molecule has 1 aliphatic heterocycles. The van der Waals surface area contributed by atoms with Crippen LogP contribution in [0.4, 0.5) is 11.4 Å². The molecular formula is C26H27N3OS. The summed E-state index contributed by atoms with van der Waals surface area (Å²) in [6, 6.07) is 24.6. The number of nitrogens with zero attached hydrogens (tertiary/aromatic N) is 1. The normalized spacial score (nSPS) is 14.4. The van der Waals surface area contributed by atoms with Crippen molar-refractivity contribution in [3.63, 3.8) is 0 Å². The zero-order valence-electron chi connectivity index (χ0n) is 17.9. The van der Waals surface area contributed by atoms with Gasteiger partial charge in [-0.2, -0.15) is 0 Å². The molecule has 3 aromatic rings. The highest BCUT2D eigenvalue weighted by molar-refractivity contribution is 7.80. The summed E-state index contributed by atoms with van der Waals surface area (Å²) >= 11 is 5.68. The molecule has 3 aromatic carbocycles. The maximum atomic E-state index is 12.1. The van der Waals surface area contributed by atoms with Crippen molar-refractivity contribution < 1.29 is 4.79 Å². The van der Waals surface area contributed by atoms with Crippen LogP contribution in [0.2, 0.25) is 0 Å². The van der Waals surface area contributed by atoms with Gasteiger partial charge in [0.15, 0.2) is 5.11 Å². The Kier molecular flexibility index (Phi) is 6.33. The smallest absolute Gasteiger partial charge is 0.227 e. The molecule has 1 atom stereocenters. The first-order valence-electron chi connectivity index (χ1n) is 10.6. The van der Waals surface area contributed by atoms with Gasteiger partial charge >= 0.3 is 0 Å². The molecule has 0 radical (unpaired) electrons. The lowest BCUT2D eigenvalue weighted by Crippen LogP contribution is -2.33. The van der Waals surface area contributed by atoms with Gasteiger partial charge in [0.2, 0.25) is 5.91 Å². The van der Waals surface area contributed by atoms with Crippen molar-refractivity contribution in [2.24, 2.45) is 0 Å². The number of anilines is 2. The molecule has 1 aliphatic rings. The lowest BCUT2D eigenvalue weighted by atomic mass is 9.94. The summed E-state index contributed by atoms with van der Waals surface area (Å²) in [4.78, 5) is 13.9. The monoisotopic (exact) mass is 429 g/mol. The minimum Gasteiger partial charge on any atom is -0.352 e. The SMILES string of the molecule is Cc1ccc([C@@H](NC(=S)Nc2cccc(N3CCCC3=O)c2)c2ccccc2)c(C)c1. The highest BCUT2D eigenvalue weighted by Crippen LogP contribution is 2.27. The van der Waals surface area contributed by atoms with E-state index in [1.807, 2.05) is 47.4 Å². The number of benzene rings is 3. The molecular weight excluding hydrogens is 402 g/mol. The van der Waals surface area contributed by atoms with Gasteiger partial charge in [-0.15, -0.1) is 0 Å². The maximum absolute atomic E-state index is 12.1. The molecule has 4 rings (SSSR count). The second-order valence-corrected chi connectivity index (χ2v) is 8.41. The third kappa shape index (κ3) is 4.94. The molecule has 31 heavy (non-hydrogen) atoms. The number of carbonyl (C=O) groups excluding carboxylic acids is 1. The van der Waals surface area contributed by atoms with E-state index in [0.717, 1.165) is 29.9 Å². The van der Waals surface area contributed by atoms with E-state index in [1.54, 1.807) is 0 Å². The van der Waals surface area contributed by atoms with Gasteiger partial charge in [-0.05, 0) is 67.4 Å². The van der Waals surface area contributed by atoms with Gasteiger partial charge in [0.05, 0.1) is 6.04 Å². The van der Waals surface area contributed by atoms with Gasteiger partial charge < -0.3 is 15.5 Å². The minimum atomic E-state index is -0.0647. The first-order chi connectivity index (χ1) is 15.0. The van der Waals surface area contributed by atoms with Crippen LogP contribution in [0.15, 0.2) is 72.8 Å². The Labute approximate surface area is 189 Å². The molecule has 5 heteroatoms. The first kappa shape index (κ1) is 21.1. The van der Waals surface area contributed by atoms with Crippen molar-refractivity contribution >= 4 is 34.6 Å². The van der Waals surface area contributed by atoms with Crippen molar-refractivity contribution in [1.82, 2.24) is 5.32 Å². The van der Waals surface area contributed by atoms with Crippen LogP contribution in [-0.2, 0) is 4.79 Å². The molecule has 1 saturated heterocycles. The lowest BCUT2D eigenvalue weighted by Gasteiger charge is -2.24. The van der Waals surface area contributed by atoms with Crippen molar-refractivity contribution in [3.8, 4) is 0 Å². The molecule has 1 fully saturated rings. The number of aryl methyl sites for hydroxylation is 2. The minimum absolute atomic E-state index is 0.0647. The Bertz CT molecular complexity index is 1100. The Morgan fingerprint density at radius 2 is 1.81 bits per heavy atom. The molecule has 158 valence electrons. The van der Waals surface area contributed by atoms with Crippen molar-refractivity contribution in [2.45, 2.75) is 32.7 Å². The van der Waals surface area contributed by atoms with Gasteiger partial charge in [0.25, 0.3) is 0 Å². The fourth-order valence-electron chi connectivity index (χ4n) is 4.11. The predicted octanol–water partition coefficient (Wildman–Crippen LogP) is 5.51. The third-order valence-corrected chi connectivity index (χ3v) is 5.85. The number of nitrogens with one attached hydrogen (secondary N) is 2. The van der Waals surface area contributed by atoms with Crippen LogP contribution >= 0.6 is 12.2 Å². The summed E-state index contributed by atoms with van der Waals surface area (Å²) < 4.78 is 0. The largest absolute Gasteiger partial charge is 0.352 e. The van der Waals surface area contributed by atoms with Crippen molar-refractivity contribution in [3.05, 3.63) is 95.1 Å². The number of thiocarbonyl (C=S) groups is 1. The van der Waals surface area contributed by atoms with Gasteiger partial charge in [0, 0.05) is 24.3 Å². The number of hydrogen-bond acceptors (Lipinski definition) is 2. The number of hydrogen-bond donors (Lipinski definition) is 2. The quantitative estimate of drug-likeness (QED) is 0.525. The Morgan fingerprint density at radius 1 is 1.00 bits per heavy atom. The Morgan fingerprint density at radius 3 is 2.52 bits per heavy atom. The zero-order chi connectivity index (χ0) is 21.8. The fraction of sp³-hybridized carbons (Fsp3) is 0.231. The van der Waals surface area contributed by atoms with Gasteiger partial charge in [-0.1, -0.05) is 60.2 Å². The van der Waals surface area contributed by atoms with E-state index in [-0.39, 0.29) is 11.9 Å². The molecule has 0 aromatic heterocycles. The standard InChI is InChI=1S/C26H27N3OS/c1-18-13-14-23(19(2)16-18)25(20-8-4-3-5-9-20)28-26(31)27-21-10-6-11-22(17-21)29-15-7-12-24(29)30/h3-6,8-11,13-14,16-17,25H,7,12,15H2,1-2H3,(H2,27,28,31)/t25-/m0/s1. The van der Waals surface area contributed by atoms with E-state index < -0.39 is 0 Å². The molecule has 0 spiro atoms. The summed E-state index contributed by atoms with van der Waals surface area (Å²) in [7, 11) is 0. The van der Waals surface area contributed by atoms with E-state index in [1.165, 1.54) is 16.7 Å². The van der Waals surface area contributed by atoms with E-state index in [2.05, 4.69) is 54.8 Å². The van der Waals surface area contributed by atoms with E-state index in [0.29, 0.717) is 11.5 Å². The molecule has 1 heterocycles. The second kappa shape index (κ2) is 9.31. The average Bonchev–Trinajstić information content (AvgIpc) is 3.19. The van der Waals surface area contributed by atoms with Crippen molar-refractivity contribution in [1.29, 1.82) is 0 Å². The maximum Gasteiger partial charge on any atom is 0.227 e. The third-order valence-electron chi connectivity index (χ3n) is 5.63. The average molecular weight is 430 g/mol. The van der Waals surface area contributed by atoms with Crippen LogP contribution in [0.25, 0.3) is 0 Å². The van der Waals surface area contributed by atoms with E-state index in [4.69, 9.17) is 12.2 Å². The van der Waals surface area contributed by atoms with Crippen LogP contribution in [0.5, 0.6) is 0 Å². The summed E-state index contributed by atoms with van der Waals surface area (Å²) in [6.07, 6.45) is 1.53. The van der Waals surface area contributed by atoms with Crippen LogP contribution < -0.4 is 15.5 Å². The Balaban J connectivity index is 1.55. The number of rotatable bonds is 5. The van der Waals surface area contributed by atoms with Crippen LogP contribution in [0.3, 0.4) is 0 Å². The van der Waals surface area contributed by atoms with E-state index >= 15 is 0 Å². The van der Waals surface area contributed by atoms with Gasteiger partial charge in [-0.25, -0.2) is 0 Å². The lowest BCUT2D eigenvalue weighted by molar-refractivity contribution is -0.117. The molecule has 1 amide bonds. The van der Waals surface area contributed by atoms with Crippen LogP contribution in [0, 0.1) is 13.8 Å². The number of amides is 1. The first-order valence-corrected chi connectivity index (χ1v) is 11.0. The molecule has 2 N–H and O–H groups in total. The second-order valence-electron chi connectivity index (χ2n) is 8.00. The topological polar surface area (TPSA) is 44.4 Å². The molecule has 0 aliphatic carbocycles. The van der Waals surface area contributed by atoms with Gasteiger partial charge in [0.1, 0.15) is 0 Å². The molecule has 4 nitrogen and oxygen atoms in total. The zero-order valence-corrected chi connectivity index (χ0v) is 18.7. The van der Waals surface area contributed by atoms with Crippen LogP contribution in [-0.4, -0.2) is 17.6 Å². The van der Waals surface area contributed by atoms with Crippen molar-refractivity contribution in [2.75, 3.05) is 16.8 Å². The highest BCUT2D eigenvalue weighted by Gasteiger charge is 2.22. The molecule has 0 saturated carbocycles.